The number of carbonyl (C=O) groups is 1. The van der Waals surface area contributed by atoms with Crippen molar-refractivity contribution in [2.75, 3.05) is 39.4 Å². The van der Waals surface area contributed by atoms with Crippen molar-refractivity contribution in [2.24, 2.45) is 0 Å². The summed E-state index contributed by atoms with van der Waals surface area (Å²) in [6.07, 6.45) is 5.03. The quantitative estimate of drug-likeness (QED) is 0.429. The van der Waals surface area contributed by atoms with E-state index in [4.69, 9.17) is 11.2 Å². The van der Waals surface area contributed by atoms with E-state index in [1.807, 2.05) is 5.01 Å². The van der Waals surface area contributed by atoms with Gasteiger partial charge in [0, 0.05) is 13.1 Å². The topological polar surface area (TPSA) is 53.6 Å². The number of carbonyl (C=O) groups excluding carboxylic acids is 1. The van der Waals surface area contributed by atoms with Gasteiger partial charge in [-0.3, -0.25) is 15.5 Å². The van der Waals surface area contributed by atoms with E-state index in [1.54, 1.807) is 0 Å². The minimum atomic E-state index is -0.0675. The molecule has 0 aromatic rings. The van der Waals surface area contributed by atoms with Crippen LogP contribution in [0.5, 0.6) is 0 Å². The Balaban J connectivity index is 2.10. The number of nitrogens with zero attached hydrogens (tertiary/aromatic N) is 1. The molecular weight excluding hydrogens is 182 g/mol. The van der Waals surface area contributed by atoms with E-state index in [-0.39, 0.29) is 12.5 Å². The summed E-state index contributed by atoms with van der Waals surface area (Å²) in [5.41, 5.74) is 2.76. The molecule has 0 atom stereocenters. The van der Waals surface area contributed by atoms with Gasteiger partial charge in [0.05, 0.1) is 26.3 Å². The fourth-order valence-corrected chi connectivity index (χ4v) is 1.14. The molecule has 0 aliphatic carbocycles. The lowest BCUT2D eigenvalue weighted by atomic mass is 10.5. The molecule has 1 aliphatic rings. The van der Waals surface area contributed by atoms with Gasteiger partial charge in [-0.15, -0.1) is 6.42 Å². The van der Waals surface area contributed by atoms with Crippen LogP contribution >= 0.6 is 0 Å². The Morgan fingerprint density at radius 1 is 1.50 bits per heavy atom. The Hall–Kier alpha value is -1.09. The van der Waals surface area contributed by atoms with Gasteiger partial charge in [0.25, 0.3) is 0 Å². The van der Waals surface area contributed by atoms with Crippen molar-refractivity contribution < 1.29 is 9.53 Å². The summed E-state index contributed by atoms with van der Waals surface area (Å²) in [5, 5.41) is 4.67. The predicted octanol–water partition coefficient (Wildman–Crippen LogP) is -1.43. The van der Waals surface area contributed by atoms with Crippen molar-refractivity contribution in [1.82, 2.24) is 15.8 Å². The molecule has 1 heterocycles. The van der Waals surface area contributed by atoms with Crippen LogP contribution in [0.4, 0.5) is 0 Å². The maximum atomic E-state index is 11.3. The summed E-state index contributed by atoms with van der Waals surface area (Å²) in [5.74, 6) is 2.33. The maximum Gasteiger partial charge on any atom is 0.248 e. The van der Waals surface area contributed by atoms with Gasteiger partial charge in [-0.2, -0.15) is 0 Å². The smallest absolute Gasteiger partial charge is 0.248 e. The zero-order valence-corrected chi connectivity index (χ0v) is 8.08. The molecule has 1 saturated heterocycles. The molecule has 5 nitrogen and oxygen atoms in total. The van der Waals surface area contributed by atoms with Crippen LogP contribution in [0.15, 0.2) is 0 Å². The van der Waals surface area contributed by atoms with Gasteiger partial charge in [-0.05, 0) is 0 Å². The van der Waals surface area contributed by atoms with E-state index in [0.29, 0.717) is 19.8 Å². The van der Waals surface area contributed by atoms with E-state index in [2.05, 4.69) is 16.7 Å². The normalized spacial score (nSPS) is 17.4. The highest BCUT2D eigenvalue weighted by Crippen LogP contribution is 1.91. The van der Waals surface area contributed by atoms with Gasteiger partial charge >= 0.3 is 0 Å². The molecule has 1 fully saturated rings. The van der Waals surface area contributed by atoms with Gasteiger partial charge in [0.2, 0.25) is 5.91 Å². The second kappa shape index (κ2) is 6.38. The molecule has 0 bridgehead atoms. The molecule has 78 valence electrons. The van der Waals surface area contributed by atoms with Gasteiger partial charge in [-0.25, -0.2) is 5.01 Å². The van der Waals surface area contributed by atoms with Crippen molar-refractivity contribution in [1.29, 1.82) is 0 Å². The maximum absolute atomic E-state index is 11.3. The molecule has 0 unspecified atom stereocenters. The van der Waals surface area contributed by atoms with E-state index >= 15 is 0 Å². The number of nitrogens with one attached hydrogen (secondary N) is 2. The van der Waals surface area contributed by atoms with Crippen LogP contribution in [-0.4, -0.2) is 50.3 Å². The number of hydrogen-bond donors (Lipinski definition) is 2. The van der Waals surface area contributed by atoms with Crippen LogP contribution in [0.25, 0.3) is 0 Å². The zero-order chi connectivity index (χ0) is 10.2. The van der Waals surface area contributed by atoms with E-state index in [0.717, 1.165) is 13.1 Å². The highest BCUT2D eigenvalue weighted by Gasteiger charge is 2.11. The summed E-state index contributed by atoms with van der Waals surface area (Å²) in [4.78, 5) is 11.3. The summed E-state index contributed by atoms with van der Waals surface area (Å²) in [7, 11) is 0. The van der Waals surface area contributed by atoms with Crippen molar-refractivity contribution >= 4 is 5.91 Å². The van der Waals surface area contributed by atoms with Crippen molar-refractivity contribution in [3.63, 3.8) is 0 Å². The average Bonchev–Trinajstić information content (AvgIpc) is 2.20. The molecule has 1 amide bonds. The Morgan fingerprint density at radius 3 is 2.86 bits per heavy atom. The first kappa shape index (κ1) is 11.0. The first-order valence-electron chi connectivity index (χ1n) is 4.59. The zero-order valence-electron chi connectivity index (χ0n) is 8.08. The van der Waals surface area contributed by atoms with Crippen LogP contribution in [-0.2, 0) is 9.53 Å². The minimum Gasteiger partial charge on any atom is -0.379 e. The van der Waals surface area contributed by atoms with Gasteiger partial charge < -0.3 is 4.74 Å². The fourth-order valence-electron chi connectivity index (χ4n) is 1.14. The Kier molecular flexibility index (Phi) is 5.00. The Labute approximate surface area is 83.8 Å². The van der Waals surface area contributed by atoms with Crippen LogP contribution < -0.4 is 10.7 Å². The van der Waals surface area contributed by atoms with E-state index in [9.17, 15) is 4.79 Å². The first-order chi connectivity index (χ1) is 6.83. The standard InChI is InChI=1S/C9H15N3O2/c1-2-3-10-8-9(13)11-12-4-6-14-7-5-12/h1,10H,3-8H2,(H,11,13). The summed E-state index contributed by atoms with van der Waals surface area (Å²) < 4.78 is 5.14. The average molecular weight is 197 g/mol. The van der Waals surface area contributed by atoms with Crippen LogP contribution in [0.3, 0.4) is 0 Å². The fraction of sp³-hybridized carbons (Fsp3) is 0.667. The lowest BCUT2D eigenvalue weighted by Gasteiger charge is -2.26. The number of terminal acetylenes is 1. The second-order valence-electron chi connectivity index (χ2n) is 2.94. The molecule has 1 rings (SSSR count). The summed E-state index contributed by atoms with van der Waals surface area (Å²) >= 11 is 0. The SMILES string of the molecule is C#CCNCC(=O)NN1CCOCC1. The monoisotopic (exact) mass is 197 g/mol. The molecule has 5 heteroatoms. The largest absolute Gasteiger partial charge is 0.379 e. The lowest BCUT2D eigenvalue weighted by molar-refractivity contribution is -0.127. The van der Waals surface area contributed by atoms with E-state index < -0.39 is 0 Å². The van der Waals surface area contributed by atoms with Gasteiger partial charge in [-0.1, -0.05) is 5.92 Å². The number of ether oxygens (including phenoxy) is 1. The molecular formula is C9H15N3O2. The number of hydrazine groups is 1. The molecule has 0 aromatic carbocycles. The molecule has 14 heavy (non-hydrogen) atoms. The van der Waals surface area contributed by atoms with E-state index in [1.165, 1.54) is 0 Å². The first-order valence-corrected chi connectivity index (χ1v) is 4.59. The van der Waals surface area contributed by atoms with Crippen molar-refractivity contribution in [3.05, 3.63) is 0 Å². The predicted molar refractivity (Wildman–Crippen MR) is 52.2 cm³/mol. The number of rotatable bonds is 4. The Bertz CT molecular complexity index is 219. The second-order valence-corrected chi connectivity index (χ2v) is 2.94. The molecule has 0 spiro atoms. The third-order valence-electron chi connectivity index (χ3n) is 1.81. The van der Waals surface area contributed by atoms with Gasteiger partial charge in [0.1, 0.15) is 0 Å². The van der Waals surface area contributed by atoms with Crippen LogP contribution in [0.1, 0.15) is 0 Å². The summed E-state index contributed by atoms with van der Waals surface area (Å²) in [6, 6.07) is 0. The lowest BCUT2D eigenvalue weighted by Crippen LogP contribution is -2.50. The highest BCUT2D eigenvalue weighted by atomic mass is 16.5. The number of amides is 1. The minimum absolute atomic E-state index is 0.0675. The van der Waals surface area contributed by atoms with Crippen LogP contribution in [0.2, 0.25) is 0 Å². The molecule has 2 N–H and O–H groups in total. The molecule has 0 saturated carbocycles. The van der Waals surface area contributed by atoms with Crippen molar-refractivity contribution in [3.8, 4) is 12.3 Å². The Morgan fingerprint density at radius 2 is 2.21 bits per heavy atom. The highest BCUT2D eigenvalue weighted by molar-refractivity contribution is 5.77. The molecule has 1 aliphatic heterocycles. The number of hydrogen-bond acceptors (Lipinski definition) is 4. The summed E-state index contributed by atoms with van der Waals surface area (Å²) in [6.45, 7) is 3.47. The molecule has 0 radical (unpaired) electrons. The van der Waals surface area contributed by atoms with Crippen molar-refractivity contribution in [2.45, 2.75) is 0 Å². The third-order valence-corrected chi connectivity index (χ3v) is 1.81. The third kappa shape index (κ3) is 4.23. The molecule has 0 aromatic heterocycles. The number of morpholine rings is 1. The van der Waals surface area contributed by atoms with Gasteiger partial charge in [0.15, 0.2) is 0 Å². The van der Waals surface area contributed by atoms with Crippen LogP contribution in [0, 0.1) is 12.3 Å².